The van der Waals surface area contributed by atoms with Crippen molar-refractivity contribution in [1.82, 2.24) is 0 Å². The maximum Gasteiger partial charge on any atom is 0.416 e. The van der Waals surface area contributed by atoms with E-state index >= 15 is 0 Å². The van der Waals surface area contributed by atoms with Gasteiger partial charge in [0.2, 0.25) is 0 Å². The van der Waals surface area contributed by atoms with Gasteiger partial charge in [-0.15, -0.1) is 12.4 Å². The fraction of sp³-hybridized carbons (Fsp3) is 0.538. The van der Waals surface area contributed by atoms with Crippen molar-refractivity contribution >= 4 is 24.0 Å². The highest BCUT2D eigenvalue weighted by Gasteiger charge is 2.31. The van der Waals surface area contributed by atoms with Gasteiger partial charge >= 0.3 is 6.18 Å². The van der Waals surface area contributed by atoms with Crippen LogP contribution in [0.2, 0.25) is 5.02 Å². The summed E-state index contributed by atoms with van der Waals surface area (Å²) in [5.41, 5.74) is 5.57. The van der Waals surface area contributed by atoms with Gasteiger partial charge in [0.1, 0.15) is 0 Å². The van der Waals surface area contributed by atoms with Gasteiger partial charge in [-0.05, 0) is 30.2 Å². The summed E-state index contributed by atoms with van der Waals surface area (Å²) in [6, 6.07) is 2.86. The summed E-state index contributed by atoms with van der Waals surface area (Å²) in [4.78, 5) is 0. The summed E-state index contributed by atoms with van der Waals surface area (Å²) in [6.45, 7) is 2.06. The topological polar surface area (TPSA) is 26.0 Å². The summed E-state index contributed by atoms with van der Waals surface area (Å²) >= 11 is 5.91. The molecule has 1 atom stereocenters. The van der Waals surface area contributed by atoms with Gasteiger partial charge in [0.25, 0.3) is 0 Å². The zero-order valence-corrected chi connectivity index (χ0v) is 12.2. The number of rotatable bonds is 5. The quantitative estimate of drug-likeness (QED) is 0.727. The van der Waals surface area contributed by atoms with Crippen LogP contribution < -0.4 is 5.73 Å². The molecule has 1 rings (SSSR count). The molecule has 1 aromatic carbocycles. The zero-order valence-electron chi connectivity index (χ0n) is 10.6. The van der Waals surface area contributed by atoms with E-state index in [1.54, 1.807) is 0 Å². The first-order valence-corrected chi connectivity index (χ1v) is 6.36. The maximum atomic E-state index is 12.6. The molecule has 0 saturated heterocycles. The lowest BCUT2D eigenvalue weighted by molar-refractivity contribution is -0.137. The van der Waals surface area contributed by atoms with E-state index in [4.69, 9.17) is 17.3 Å². The lowest BCUT2D eigenvalue weighted by Gasteiger charge is -2.16. The summed E-state index contributed by atoms with van der Waals surface area (Å²) in [6.07, 6.45) is -0.755. The van der Waals surface area contributed by atoms with Gasteiger partial charge in [0, 0.05) is 11.1 Å². The van der Waals surface area contributed by atoms with Crippen molar-refractivity contribution in [1.29, 1.82) is 0 Å². The van der Waals surface area contributed by atoms with E-state index in [2.05, 4.69) is 6.92 Å². The fourth-order valence-corrected chi connectivity index (χ4v) is 2.03. The first kappa shape index (κ1) is 18.6. The highest BCUT2D eigenvalue weighted by molar-refractivity contribution is 6.31. The van der Waals surface area contributed by atoms with E-state index in [-0.39, 0.29) is 12.4 Å². The Kier molecular flexibility index (Phi) is 7.79. The summed E-state index contributed by atoms with van der Waals surface area (Å²) < 4.78 is 37.8. The SMILES string of the molecule is CCCCC[C@H](N)c1cc(C(F)(F)F)ccc1Cl.Cl. The molecule has 110 valence electrons. The Labute approximate surface area is 122 Å². The van der Waals surface area contributed by atoms with E-state index in [9.17, 15) is 13.2 Å². The Morgan fingerprint density at radius 2 is 1.89 bits per heavy atom. The van der Waals surface area contributed by atoms with Gasteiger partial charge < -0.3 is 5.73 Å². The van der Waals surface area contributed by atoms with Crippen LogP contribution >= 0.6 is 24.0 Å². The minimum Gasteiger partial charge on any atom is -0.324 e. The third-order valence-corrected chi connectivity index (χ3v) is 3.19. The predicted octanol–water partition coefficient (Wildman–Crippen LogP) is 5.36. The first-order chi connectivity index (χ1) is 8.36. The maximum absolute atomic E-state index is 12.6. The molecule has 0 fully saturated rings. The molecule has 0 aliphatic heterocycles. The van der Waals surface area contributed by atoms with Crippen molar-refractivity contribution in [2.45, 2.75) is 44.8 Å². The average Bonchev–Trinajstić information content (AvgIpc) is 2.28. The van der Waals surface area contributed by atoms with Crippen LogP contribution in [0, 0.1) is 0 Å². The van der Waals surface area contributed by atoms with Crippen molar-refractivity contribution in [2.75, 3.05) is 0 Å². The third-order valence-electron chi connectivity index (χ3n) is 2.84. The van der Waals surface area contributed by atoms with Crippen LogP contribution in [0.25, 0.3) is 0 Å². The molecule has 0 aliphatic carbocycles. The van der Waals surface area contributed by atoms with Crippen molar-refractivity contribution in [3.05, 3.63) is 34.3 Å². The number of unbranched alkanes of at least 4 members (excludes halogenated alkanes) is 2. The number of benzene rings is 1. The second-order valence-corrected chi connectivity index (χ2v) is 4.74. The van der Waals surface area contributed by atoms with Crippen LogP contribution in [0.3, 0.4) is 0 Å². The highest BCUT2D eigenvalue weighted by atomic mass is 35.5. The molecule has 0 aliphatic rings. The van der Waals surface area contributed by atoms with Crippen LogP contribution in [-0.4, -0.2) is 0 Å². The summed E-state index contributed by atoms with van der Waals surface area (Å²) in [7, 11) is 0. The minimum atomic E-state index is -4.36. The molecule has 6 heteroatoms. The Balaban J connectivity index is 0.00000324. The smallest absolute Gasteiger partial charge is 0.324 e. The molecule has 0 radical (unpaired) electrons. The number of alkyl halides is 3. The van der Waals surface area contributed by atoms with Crippen LogP contribution in [0.5, 0.6) is 0 Å². The van der Waals surface area contributed by atoms with Crippen molar-refractivity contribution < 1.29 is 13.2 Å². The molecular weight excluding hydrogens is 298 g/mol. The molecule has 0 saturated carbocycles. The van der Waals surface area contributed by atoms with E-state index in [1.807, 2.05) is 0 Å². The van der Waals surface area contributed by atoms with E-state index < -0.39 is 17.8 Å². The fourth-order valence-electron chi connectivity index (χ4n) is 1.77. The molecule has 1 aromatic rings. The Morgan fingerprint density at radius 3 is 2.42 bits per heavy atom. The Hall–Kier alpha value is -0.450. The molecule has 0 amide bonds. The zero-order chi connectivity index (χ0) is 13.8. The molecule has 0 bridgehead atoms. The second-order valence-electron chi connectivity index (χ2n) is 4.34. The summed E-state index contributed by atoms with van der Waals surface area (Å²) in [5.74, 6) is 0. The third kappa shape index (κ3) is 5.59. The average molecular weight is 316 g/mol. The molecule has 0 spiro atoms. The standard InChI is InChI=1S/C13H17ClF3N.ClH/c1-2-3-4-5-12(18)10-8-9(13(15,16)17)6-7-11(10)14;/h6-8,12H,2-5,18H2,1H3;1H/t12-;/m0./s1. The van der Waals surface area contributed by atoms with Gasteiger partial charge in [-0.2, -0.15) is 13.2 Å². The highest BCUT2D eigenvalue weighted by Crippen LogP contribution is 2.34. The van der Waals surface area contributed by atoms with E-state index in [1.165, 1.54) is 6.07 Å². The molecule has 0 heterocycles. The van der Waals surface area contributed by atoms with E-state index in [0.29, 0.717) is 17.0 Å². The van der Waals surface area contributed by atoms with Crippen LogP contribution in [0.4, 0.5) is 13.2 Å². The van der Waals surface area contributed by atoms with Crippen molar-refractivity contribution in [2.24, 2.45) is 5.73 Å². The van der Waals surface area contributed by atoms with Crippen molar-refractivity contribution in [3.63, 3.8) is 0 Å². The normalized spacial score (nSPS) is 12.9. The number of halogens is 5. The molecule has 0 unspecified atom stereocenters. The van der Waals surface area contributed by atoms with Gasteiger partial charge in [0.15, 0.2) is 0 Å². The number of nitrogens with two attached hydrogens (primary N) is 1. The van der Waals surface area contributed by atoms with Crippen LogP contribution in [-0.2, 0) is 6.18 Å². The Morgan fingerprint density at radius 1 is 1.26 bits per heavy atom. The Bertz CT molecular complexity index is 394. The number of hydrogen-bond acceptors (Lipinski definition) is 1. The predicted molar refractivity (Wildman–Crippen MR) is 74.8 cm³/mol. The summed E-state index contributed by atoms with van der Waals surface area (Å²) in [5, 5.41) is 0.298. The van der Waals surface area contributed by atoms with Gasteiger partial charge in [-0.1, -0.05) is 37.8 Å². The number of hydrogen-bond donors (Lipinski definition) is 1. The van der Waals surface area contributed by atoms with Gasteiger partial charge in [-0.25, -0.2) is 0 Å². The lowest BCUT2D eigenvalue weighted by Crippen LogP contribution is -2.13. The molecule has 19 heavy (non-hydrogen) atoms. The minimum absolute atomic E-state index is 0. The molecule has 0 aromatic heterocycles. The largest absolute Gasteiger partial charge is 0.416 e. The molecule has 2 N–H and O–H groups in total. The monoisotopic (exact) mass is 315 g/mol. The van der Waals surface area contributed by atoms with Crippen molar-refractivity contribution in [3.8, 4) is 0 Å². The first-order valence-electron chi connectivity index (χ1n) is 5.98. The lowest BCUT2D eigenvalue weighted by atomic mass is 9.99. The van der Waals surface area contributed by atoms with E-state index in [0.717, 1.165) is 31.4 Å². The molecular formula is C13H18Cl2F3N. The van der Waals surface area contributed by atoms with Gasteiger partial charge in [-0.3, -0.25) is 0 Å². The van der Waals surface area contributed by atoms with Gasteiger partial charge in [0.05, 0.1) is 5.56 Å². The second kappa shape index (κ2) is 7.98. The molecule has 1 nitrogen and oxygen atoms in total. The van der Waals surface area contributed by atoms with Crippen LogP contribution in [0.1, 0.15) is 49.8 Å². The van der Waals surface area contributed by atoms with Crippen LogP contribution in [0.15, 0.2) is 18.2 Å².